The highest BCUT2D eigenvalue weighted by Crippen LogP contribution is 2.31. The van der Waals surface area contributed by atoms with E-state index in [4.69, 9.17) is 0 Å². The van der Waals surface area contributed by atoms with Crippen LogP contribution >= 0.6 is 0 Å². The fourth-order valence-electron chi connectivity index (χ4n) is 3.19. The summed E-state index contributed by atoms with van der Waals surface area (Å²) in [5, 5.41) is 3.24. The standard InChI is InChI=1S/C14H26N2O/c1-10-5-4-8-16(9-10)14(17)15-13-7-6-11(2)12(13)3/h10-13H,4-9H2,1-3H3,(H,15,17). The molecule has 1 aliphatic heterocycles. The molecule has 0 bridgehead atoms. The molecule has 1 aliphatic carbocycles. The van der Waals surface area contributed by atoms with E-state index in [0.29, 0.717) is 17.9 Å². The molecule has 1 saturated carbocycles. The van der Waals surface area contributed by atoms with Gasteiger partial charge < -0.3 is 10.2 Å². The van der Waals surface area contributed by atoms with Crippen molar-refractivity contribution in [3.05, 3.63) is 0 Å². The van der Waals surface area contributed by atoms with E-state index >= 15 is 0 Å². The summed E-state index contributed by atoms with van der Waals surface area (Å²) in [6.07, 6.45) is 4.83. The smallest absolute Gasteiger partial charge is 0.317 e. The van der Waals surface area contributed by atoms with E-state index in [9.17, 15) is 4.79 Å². The lowest BCUT2D eigenvalue weighted by Crippen LogP contribution is -2.49. The van der Waals surface area contributed by atoms with Gasteiger partial charge in [-0.3, -0.25) is 0 Å². The Labute approximate surface area is 105 Å². The van der Waals surface area contributed by atoms with Crippen molar-refractivity contribution < 1.29 is 4.79 Å². The second kappa shape index (κ2) is 5.28. The normalized spacial score (nSPS) is 38.2. The third-order valence-electron chi connectivity index (χ3n) is 4.72. The molecule has 2 aliphatic rings. The van der Waals surface area contributed by atoms with Gasteiger partial charge in [-0.1, -0.05) is 20.8 Å². The maximum Gasteiger partial charge on any atom is 0.317 e. The highest BCUT2D eigenvalue weighted by atomic mass is 16.2. The third kappa shape index (κ3) is 2.93. The van der Waals surface area contributed by atoms with Crippen LogP contribution in [0.25, 0.3) is 0 Å². The van der Waals surface area contributed by atoms with Gasteiger partial charge in [0.05, 0.1) is 0 Å². The van der Waals surface area contributed by atoms with Crippen molar-refractivity contribution >= 4 is 6.03 Å². The Bertz CT molecular complexity index is 279. The van der Waals surface area contributed by atoms with E-state index in [-0.39, 0.29) is 6.03 Å². The van der Waals surface area contributed by atoms with Crippen LogP contribution in [0, 0.1) is 17.8 Å². The Balaban J connectivity index is 1.84. The Hall–Kier alpha value is -0.730. The average Bonchev–Trinajstić information content (AvgIpc) is 2.61. The first kappa shape index (κ1) is 12.7. The summed E-state index contributed by atoms with van der Waals surface area (Å²) < 4.78 is 0. The second-order valence-corrected chi connectivity index (χ2v) is 6.16. The van der Waals surface area contributed by atoms with E-state index in [0.717, 1.165) is 31.8 Å². The molecule has 1 heterocycles. The quantitative estimate of drug-likeness (QED) is 0.748. The maximum atomic E-state index is 12.2. The van der Waals surface area contributed by atoms with Crippen molar-refractivity contribution in [3.8, 4) is 0 Å². The number of likely N-dealkylation sites (tertiary alicyclic amines) is 1. The van der Waals surface area contributed by atoms with E-state index in [2.05, 4.69) is 26.1 Å². The van der Waals surface area contributed by atoms with Crippen LogP contribution in [0.1, 0.15) is 46.5 Å². The molecular weight excluding hydrogens is 212 g/mol. The number of nitrogens with one attached hydrogen (secondary N) is 1. The highest BCUT2D eigenvalue weighted by Gasteiger charge is 2.32. The van der Waals surface area contributed by atoms with Crippen LogP contribution in [0.2, 0.25) is 0 Å². The summed E-state index contributed by atoms with van der Waals surface area (Å²) in [5.74, 6) is 2.04. The molecule has 1 saturated heterocycles. The first-order valence-corrected chi connectivity index (χ1v) is 7.13. The van der Waals surface area contributed by atoms with Gasteiger partial charge in [0.25, 0.3) is 0 Å². The number of hydrogen-bond donors (Lipinski definition) is 1. The van der Waals surface area contributed by atoms with Crippen molar-refractivity contribution in [2.75, 3.05) is 13.1 Å². The van der Waals surface area contributed by atoms with Crippen LogP contribution in [0.15, 0.2) is 0 Å². The fourth-order valence-corrected chi connectivity index (χ4v) is 3.19. The molecule has 0 radical (unpaired) electrons. The first-order valence-electron chi connectivity index (χ1n) is 7.13. The molecule has 3 nitrogen and oxygen atoms in total. The van der Waals surface area contributed by atoms with Crippen molar-refractivity contribution in [2.24, 2.45) is 17.8 Å². The zero-order valence-electron chi connectivity index (χ0n) is 11.4. The van der Waals surface area contributed by atoms with E-state index in [1.165, 1.54) is 12.8 Å². The van der Waals surface area contributed by atoms with Crippen LogP contribution in [-0.4, -0.2) is 30.1 Å². The lowest BCUT2D eigenvalue weighted by atomic mass is 9.98. The number of carbonyl (C=O) groups is 1. The number of rotatable bonds is 1. The van der Waals surface area contributed by atoms with Gasteiger partial charge in [-0.25, -0.2) is 4.79 Å². The summed E-state index contributed by atoms with van der Waals surface area (Å²) in [7, 11) is 0. The van der Waals surface area contributed by atoms with Crippen molar-refractivity contribution in [1.82, 2.24) is 10.2 Å². The average molecular weight is 238 g/mol. The molecule has 4 unspecified atom stereocenters. The van der Waals surface area contributed by atoms with E-state index in [1.54, 1.807) is 0 Å². The van der Waals surface area contributed by atoms with Crippen molar-refractivity contribution in [1.29, 1.82) is 0 Å². The molecule has 98 valence electrons. The summed E-state index contributed by atoms with van der Waals surface area (Å²) in [5.41, 5.74) is 0. The predicted molar refractivity (Wildman–Crippen MR) is 69.9 cm³/mol. The Morgan fingerprint density at radius 3 is 2.53 bits per heavy atom. The van der Waals surface area contributed by atoms with Gasteiger partial charge in [0, 0.05) is 19.1 Å². The minimum Gasteiger partial charge on any atom is -0.335 e. The van der Waals surface area contributed by atoms with Crippen LogP contribution in [0.4, 0.5) is 4.79 Å². The van der Waals surface area contributed by atoms with Gasteiger partial charge in [-0.2, -0.15) is 0 Å². The SMILES string of the molecule is CC1CCCN(C(=O)NC2CCC(C)C2C)C1. The number of piperidine rings is 1. The summed E-state index contributed by atoms with van der Waals surface area (Å²) in [4.78, 5) is 14.2. The summed E-state index contributed by atoms with van der Waals surface area (Å²) in [6, 6.07) is 0.567. The number of amides is 2. The van der Waals surface area contributed by atoms with E-state index < -0.39 is 0 Å². The number of urea groups is 1. The molecule has 1 N–H and O–H groups in total. The van der Waals surface area contributed by atoms with Crippen LogP contribution in [-0.2, 0) is 0 Å². The predicted octanol–water partition coefficient (Wildman–Crippen LogP) is 2.86. The molecule has 17 heavy (non-hydrogen) atoms. The molecule has 2 amide bonds. The lowest BCUT2D eigenvalue weighted by Gasteiger charge is -2.32. The fraction of sp³-hybridized carbons (Fsp3) is 0.929. The number of carbonyl (C=O) groups excluding carboxylic acids is 1. The molecule has 2 fully saturated rings. The zero-order chi connectivity index (χ0) is 12.4. The zero-order valence-corrected chi connectivity index (χ0v) is 11.4. The highest BCUT2D eigenvalue weighted by molar-refractivity contribution is 5.74. The minimum atomic E-state index is 0.169. The monoisotopic (exact) mass is 238 g/mol. The van der Waals surface area contributed by atoms with Crippen molar-refractivity contribution in [3.63, 3.8) is 0 Å². The Morgan fingerprint density at radius 2 is 1.94 bits per heavy atom. The van der Waals surface area contributed by atoms with Crippen LogP contribution < -0.4 is 5.32 Å². The molecule has 0 aromatic rings. The lowest BCUT2D eigenvalue weighted by molar-refractivity contribution is 0.163. The topological polar surface area (TPSA) is 32.3 Å². The first-order chi connectivity index (χ1) is 8.08. The van der Waals surface area contributed by atoms with Gasteiger partial charge in [-0.05, 0) is 43.4 Å². The molecule has 3 heteroatoms. The molecule has 0 spiro atoms. The van der Waals surface area contributed by atoms with Crippen LogP contribution in [0.3, 0.4) is 0 Å². The maximum absolute atomic E-state index is 12.2. The molecular formula is C14H26N2O. The van der Waals surface area contributed by atoms with Gasteiger partial charge in [-0.15, -0.1) is 0 Å². The second-order valence-electron chi connectivity index (χ2n) is 6.16. The van der Waals surface area contributed by atoms with Crippen LogP contribution in [0.5, 0.6) is 0 Å². The van der Waals surface area contributed by atoms with Gasteiger partial charge in [0.15, 0.2) is 0 Å². The van der Waals surface area contributed by atoms with Gasteiger partial charge in [0.1, 0.15) is 0 Å². The molecule has 0 aromatic carbocycles. The van der Waals surface area contributed by atoms with Gasteiger partial charge in [0.2, 0.25) is 0 Å². The molecule has 4 atom stereocenters. The van der Waals surface area contributed by atoms with Crippen molar-refractivity contribution in [2.45, 2.75) is 52.5 Å². The van der Waals surface area contributed by atoms with Gasteiger partial charge >= 0.3 is 6.03 Å². The minimum absolute atomic E-state index is 0.169. The summed E-state index contributed by atoms with van der Waals surface area (Å²) >= 11 is 0. The van der Waals surface area contributed by atoms with E-state index in [1.807, 2.05) is 4.90 Å². The number of nitrogens with zero attached hydrogens (tertiary/aromatic N) is 1. The molecule has 2 rings (SSSR count). The molecule has 0 aromatic heterocycles. The Kier molecular flexibility index (Phi) is 3.95. The largest absolute Gasteiger partial charge is 0.335 e. The Morgan fingerprint density at radius 1 is 1.18 bits per heavy atom. The third-order valence-corrected chi connectivity index (χ3v) is 4.72. The number of hydrogen-bond acceptors (Lipinski definition) is 1. The summed E-state index contributed by atoms with van der Waals surface area (Å²) in [6.45, 7) is 8.66.